The minimum atomic E-state index is -0.955. The second-order valence-corrected chi connectivity index (χ2v) is 9.60. The molecule has 37 heavy (non-hydrogen) atoms. The Hall–Kier alpha value is -4.39. The highest BCUT2D eigenvalue weighted by Crippen LogP contribution is 2.33. The first kappa shape index (κ1) is 25.7. The third-order valence-electron chi connectivity index (χ3n) is 6.64. The summed E-state index contributed by atoms with van der Waals surface area (Å²) in [6.45, 7) is 7.06. The summed E-state index contributed by atoms with van der Waals surface area (Å²) in [5.74, 6) is -0.862. The molecule has 190 valence electrons. The van der Waals surface area contributed by atoms with Gasteiger partial charge in [0.15, 0.2) is 0 Å². The topological polar surface area (TPSA) is 93.5 Å². The molecule has 7 heteroatoms. The third-order valence-corrected chi connectivity index (χ3v) is 6.64. The van der Waals surface area contributed by atoms with Crippen LogP contribution in [0.3, 0.4) is 0 Å². The van der Waals surface area contributed by atoms with Crippen molar-refractivity contribution < 1.29 is 19.4 Å². The van der Waals surface area contributed by atoms with Gasteiger partial charge in [-0.3, -0.25) is 14.8 Å². The molecule has 0 radical (unpaired) electrons. The molecule has 3 aromatic carbocycles. The van der Waals surface area contributed by atoms with E-state index in [1.165, 1.54) is 0 Å². The fourth-order valence-corrected chi connectivity index (χ4v) is 4.25. The number of carboxylic acid groups (broad SMARTS) is 1. The molecule has 1 amide bonds. The molecule has 0 bridgehead atoms. The van der Waals surface area contributed by atoms with Crippen molar-refractivity contribution in [1.29, 1.82) is 0 Å². The first-order valence-corrected chi connectivity index (χ1v) is 12.1. The lowest BCUT2D eigenvalue weighted by molar-refractivity contribution is -0.142. The van der Waals surface area contributed by atoms with Crippen molar-refractivity contribution in [1.82, 2.24) is 9.78 Å². The molecule has 0 spiro atoms. The van der Waals surface area contributed by atoms with Gasteiger partial charge in [-0.2, -0.15) is 5.10 Å². The normalized spacial score (nSPS) is 12.1. The molecule has 0 aliphatic rings. The maximum atomic E-state index is 12.7. The largest absolute Gasteiger partial charge is 0.481 e. The average molecular weight is 498 g/mol. The number of amides is 1. The lowest BCUT2D eigenvalue weighted by Crippen LogP contribution is -2.28. The van der Waals surface area contributed by atoms with Crippen LogP contribution in [0.2, 0.25) is 0 Å². The van der Waals surface area contributed by atoms with Gasteiger partial charge in [0.2, 0.25) is 0 Å². The van der Waals surface area contributed by atoms with Gasteiger partial charge < -0.3 is 9.84 Å². The molecule has 1 heterocycles. The number of carbonyl (C=O) groups is 2. The van der Waals surface area contributed by atoms with E-state index in [0.29, 0.717) is 11.4 Å². The summed E-state index contributed by atoms with van der Waals surface area (Å²) in [5, 5.41) is 16.9. The maximum absolute atomic E-state index is 12.7. The van der Waals surface area contributed by atoms with Crippen LogP contribution in [0.1, 0.15) is 43.7 Å². The SMILES string of the molecule is Cc1nn(C)c(-c2ccc(-c3ccc(C(C)(C)C(=O)O)cc3)cc2)c1NC(=O)OC(C)c1ccccc1. The number of carboxylic acids is 1. The summed E-state index contributed by atoms with van der Waals surface area (Å²) in [5.41, 5.74) is 5.62. The van der Waals surface area contributed by atoms with Gasteiger partial charge in [-0.15, -0.1) is 0 Å². The third kappa shape index (κ3) is 5.40. The molecule has 4 aromatic rings. The molecule has 1 unspecified atom stereocenters. The van der Waals surface area contributed by atoms with Gasteiger partial charge in [0.05, 0.1) is 22.5 Å². The maximum Gasteiger partial charge on any atom is 0.412 e. The molecular weight excluding hydrogens is 466 g/mol. The van der Waals surface area contributed by atoms with Crippen molar-refractivity contribution in [3.05, 3.63) is 95.7 Å². The Labute approximate surface area is 216 Å². The van der Waals surface area contributed by atoms with E-state index < -0.39 is 23.6 Å². The Balaban J connectivity index is 1.54. The van der Waals surface area contributed by atoms with Crippen molar-refractivity contribution in [2.75, 3.05) is 5.32 Å². The van der Waals surface area contributed by atoms with E-state index in [2.05, 4.69) is 10.4 Å². The Morgan fingerprint density at radius 1 is 0.919 bits per heavy atom. The zero-order valence-electron chi connectivity index (χ0n) is 21.6. The highest BCUT2D eigenvalue weighted by Gasteiger charge is 2.29. The number of aliphatic carboxylic acids is 1. The average Bonchev–Trinajstić information content (AvgIpc) is 3.16. The number of anilines is 1. The Morgan fingerprint density at radius 2 is 1.46 bits per heavy atom. The van der Waals surface area contributed by atoms with E-state index in [9.17, 15) is 14.7 Å². The number of carbonyl (C=O) groups excluding carboxylic acids is 1. The summed E-state index contributed by atoms with van der Waals surface area (Å²) in [6.07, 6.45) is -0.942. The number of benzene rings is 3. The number of ether oxygens (including phenoxy) is 1. The van der Waals surface area contributed by atoms with E-state index in [1.807, 2.05) is 99.8 Å². The second-order valence-electron chi connectivity index (χ2n) is 9.60. The lowest BCUT2D eigenvalue weighted by atomic mass is 9.84. The number of rotatable bonds is 7. The van der Waals surface area contributed by atoms with Gasteiger partial charge in [0.1, 0.15) is 6.10 Å². The van der Waals surface area contributed by atoms with Crippen LogP contribution in [0.5, 0.6) is 0 Å². The standard InChI is InChI=1S/C30H31N3O4/c1-19-26(31-29(36)37-20(2)21-9-7-6-8-10-21)27(33(5)32-19)24-13-11-22(12-14-24)23-15-17-25(18-16-23)30(3,4)28(34)35/h6-18,20H,1-5H3,(H,31,36)(H,34,35). The van der Waals surface area contributed by atoms with Gasteiger partial charge in [-0.1, -0.05) is 78.9 Å². The van der Waals surface area contributed by atoms with Crippen LogP contribution in [-0.4, -0.2) is 26.9 Å². The Morgan fingerprint density at radius 3 is 2.03 bits per heavy atom. The fraction of sp³-hybridized carbons (Fsp3) is 0.233. The van der Waals surface area contributed by atoms with Crippen molar-refractivity contribution in [3.63, 3.8) is 0 Å². The molecule has 1 aromatic heterocycles. The van der Waals surface area contributed by atoms with Crippen molar-refractivity contribution in [2.45, 2.75) is 39.2 Å². The van der Waals surface area contributed by atoms with E-state index in [4.69, 9.17) is 4.74 Å². The van der Waals surface area contributed by atoms with Crippen LogP contribution in [0.25, 0.3) is 22.4 Å². The minimum absolute atomic E-state index is 0.395. The van der Waals surface area contributed by atoms with Crippen LogP contribution in [0, 0.1) is 6.92 Å². The van der Waals surface area contributed by atoms with E-state index in [-0.39, 0.29) is 0 Å². The predicted molar refractivity (Wildman–Crippen MR) is 144 cm³/mol. The lowest BCUT2D eigenvalue weighted by Gasteiger charge is -2.20. The number of aryl methyl sites for hydroxylation is 2. The summed E-state index contributed by atoms with van der Waals surface area (Å²) >= 11 is 0. The molecule has 0 saturated carbocycles. The van der Waals surface area contributed by atoms with E-state index >= 15 is 0 Å². The molecule has 0 aliphatic heterocycles. The fourth-order valence-electron chi connectivity index (χ4n) is 4.25. The Kier molecular flexibility index (Phi) is 7.16. The molecule has 0 saturated heterocycles. The van der Waals surface area contributed by atoms with Crippen LogP contribution < -0.4 is 5.32 Å². The van der Waals surface area contributed by atoms with Crippen molar-refractivity contribution in [2.24, 2.45) is 7.05 Å². The van der Waals surface area contributed by atoms with Gasteiger partial charge in [-0.25, -0.2) is 4.79 Å². The van der Waals surface area contributed by atoms with Crippen LogP contribution in [0.15, 0.2) is 78.9 Å². The second kappa shape index (κ2) is 10.3. The number of nitrogens with zero attached hydrogens (tertiary/aromatic N) is 2. The van der Waals surface area contributed by atoms with Gasteiger partial charge >= 0.3 is 12.1 Å². The number of hydrogen-bond acceptors (Lipinski definition) is 4. The number of aromatic nitrogens is 2. The van der Waals surface area contributed by atoms with Crippen LogP contribution >= 0.6 is 0 Å². The Bertz CT molecular complexity index is 1410. The summed E-state index contributed by atoms with van der Waals surface area (Å²) in [7, 11) is 1.84. The predicted octanol–water partition coefficient (Wildman–Crippen LogP) is 6.73. The minimum Gasteiger partial charge on any atom is -0.481 e. The summed E-state index contributed by atoms with van der Waals surface area (Å²) in [6, 6.07) is 25.1. The first-order chi connectivity index (χ1) is 17.6. The van der Waals surface area contributed by atoms with E-state index in [1.54, 1.807) is 18.5 Å². The van der Waals surface area contributed by atoms with Crippen LogP contribution in [0.4, 0.5) is 10.5 Å². The molecule has 1 atom stereocenters. The molecular formula is C30H31N3O4. The quantitative estimate of drug-likeness (QED) is 0.295. The zero-order chi connectivity index (χ0) is 26.7. The number of hydrogen-bond donors (Lipinski definition) is 2. The van der Waals surface area contributed by atoms with Crippen LogP contribution in [-0.2, 0) is 22.0 Å². The molecule has 0 fully saturated rings. The smallest absolute Gasteiger partial charge is 0.412 e. The monoisotopic (exact) mass is 497 g/mol. The van der Waals surface area contributed by atoms with Gasteiger partial charge in [-0.05, 0) is 49.9 Å². The summed E-state index contributed by atoms with van der Waals surface area (Å²) in [4.78, 5) is 24.3. The van der Waals surface area contributed by atoms with Gasteiger partial charge in [0, 0.05) is 12.6 Å². The first-order valence-electron chi connectivity index (χ1n) is 12.1. The molecule has 0 aliphatic carbocycles. The molecule has 4 rings (SSSR count). The highest BCUT2D eigenvalue weighted by atomic mass is 16.6. The number of nitrogens with one attached hydrogen (secondary N) is 1. The zero-order valence-corrected chi connectivity index (χ0v) is 21.6. The molecule has 7 nitrogen and oxygen atoms in total. The molecule has 2 N–H and O–H groups in total. The van der Waals surface area contributed by atoms with E-state index in [0.717, 1.165) is 33.5 Å². The van der Waals surface area contributed by atoms with Crippen molar-refractivity contribution in [3.8, 4) is 22.4 Å². The van der Waals surface area contributed by atoms with Crippen molar-refractivity contribution >= 4 is 17.7 Å². The summed E-state index contributed by atoms with van der Waals surface area (Å²) < 4.78 is 7.34. The highest BCUT2D eigenvalue weighted by molar-refractivity contribution is 5.92. The van der Waals surface area contributed by atoms with Gasteiger partial charge in [0.25, 0.3) is 0 Å².